The van der Waals surface area contributed by atoms with E-state index in [0.717, 1.165) is 0 Å². The molecular weight excluding hydrogens is 487 g/mol. The number of nitrogens with zero attached hydrogens (tertiary/aromatic N) is 4. The second-order valence-corrected chi connectivity index (χ2v) is 9.20. The van der Waals surface area contributed by atoms with Gasteiger partial charge in [-0.3, -0.25) is 4.98 Å². The lowest BCUT2D eigenvalue weighted by Gasteiger charge is -2.19. The van der Waals surface area contributed by atoms with E-state index in [1.165, 1.54) is 30.8 Å². The zero-order valence-corrected chi connectivity index (χ0v) is 17.2. The molecule has 6 nitrogen and oxygen atoms in total. The van der Waals surface area contributed by atoms with Crippen molar-refractivity contribution in [1.82, 2.24) is 19.5 Å². The number of fused-ring (bicyclic) bond motifs is 1. The van der Waals surface area contributed by atoms with E-state index in [4.69, 9.17) is 0 Å². The summed E-state index contributed by atoms with van der Waals surface area (Å²) < 4.78 is 91.7. The molecule has 156 valence electrons. The van der Waals surface area contributed by atoms with Crippen LogP contribution in [0.15, 0.2) is 33.9 Å². The maximum atomic E-state index is 13.6. The first kappa shape index (κ1) is 21.6. The number of aryl methyl sites for hydroxylation is 1. The molecule has 0 radical (unpaired) electrons. The third-order valence-electron chi connectivity index (χ3n) is 4.17. The van der Waals surface area contributed by atoms with Gasteiger partial charge in [0.15, 0.2) is 21.3 Å². The molecule has 3 rings (SSSR count). The van der Waals surface area contributed by atoms with Crippen molar-refractivity contribution in [3.63, 3.8) is 0 Å². The van der Waals surface area contributed by atoms with Gasteiger partial charge in [-0.15, -0.1) is 0 Å². The number of halogens is 6. The molecule has 3 aromatic rings. The number of sulfone groups is 1. The van der Waals surface area contributed by atoms with E-state index in [-0.39, 0.29) is 33.3 Å². The molecule has 3 aromatic heterocycles. The number of rotatable bonds is 4. The van der Waals surface area contributed by atoms with Crippen molar-refractivity contribution in [2.75, 3.05) is 5.75 Å². The summed E-state index contributed by atoms with van der Waals surface area (Å²) in [5.74, 6) is -5.39. The lowest BCUT2D eigenvalue weighted by atomic mass is 10.1. The summed E-state index contributed by atoms with van der Waals surface area (Å²) in [4.78, 5) is 11.6. The average molecular weight is 499 g/mol. The molecule has 0 unspecified atom stereocenters. The fourth-order valence-electron chi connectivity index (χ4n) is 2.60. The Labute approximate surface area is 169 Å². The molecule has 0 aliphatic carbocycles. The summed E-state index contributed by atoms with van der Waals surface area (Å²) in [6, 6.07) is 1.89. The minimum Gasteiger partial charge on any atom is -0.310 e. The van der Waals surface area contributed by atoms with Crippen LogP contribution >= 0.6 is 15.9 Å². The fourth-order valence-corrected chi connectivity index (χ4v) is 4.14. The standard InChI is InChI=1S/C16H12BrF5N4O2S/c1-3-29(27,28)11-5-9(17)7-23-12(11)14-25-10-4-8(6-24-13(10)26(14)2)15(18,19)16(20,21)22/h4-7H,3H2,1-2H3. The highest BCUT2D eigenvalue weighted by atomic mass is 79.9. The van der Waals surface area contributed by atoms with Gasteiger partial charge in [-0.05, 0) is 28.1 Å². The van der Waals surface area contributed by atoms with Crippen LogP contribution in [0.5, 0.6) is 0 Å². The first-order chi connectivity index (χ1) is 13.3. The summed E-state index contributed by atoms with van der Waals surface area (Å²) >= 11 is 3.14. The van der Waals surface area contributed by atoms with E-state index in [2.05, 4.69) is 30.9 Å². The van der Waals surface area contributed by atoms with Crippen molar-refractivity contribution in [3.05, 3.63) is 34.6 Å². The van der Waals surface area contributed by atoms with Crippen LogP contribution in [0.4, 0.5) is 22.0 Å². The minimum atomic E-state index is -5.80. The maximum absolute atomic E-state index is 13.6. The van der Waals surface area contributed by atoms with Crippen LogP contribution < -0.4 is 0 Å². The van der Waals surface area contributed by atoms with E-state index >= 15 is 0 Å². The number of hydrogen-bond donors (Lipinski definition) is 0. The summed E-state index contributed by atoms with van der Waals surface area (Å²) in [5, 5.41) is 0. The Morgan fingerprint density at radius 1 is 1.10 bits per heavy atom. The highest BCUT2D eigenvalue weighted by Gasteiger charge is 2.59. The molecule has 0 amide bonds. The summed E-state index contributed by atoms with van der Waals surface area (Å²) in [6.45, 7) is 1.43. The number of aromatic nitrogens is 4. The smallest absolute Gasteiger partial charge is 0.310 e. The molecule has 0 N–H and O–H groups in total. The topological polar surface area (TPSA) is 77.7 Å². The van der Waals surface area contributed by atoms with Crippen molar-refractivity contribution in [1.29, 1.82) is 0 Å². The van der Waals surface area contributed by atoms with E-state index in [1.807, 2.05) is 0 Å². The third-order valence-corrected chi connectivity index (χ3v) is 6.35. The van der Waals surface area contributed by atoms with Crippen LogP contribution in [0.1, 0.15) is 12.5 Å². The predicted molar refractivity (Wildman–Crippen MR) is 97.1 cm³/mol. The fraction of sp³-hybridized carbons (Fsp3) is 0.312. The van der Waals surface area contributed by atoms with E-state index in [0.29, 0.717) is 16.7 Å². The maximum Gasteiger partial charge on any atom is 0.458 e. The molecular formula is C16H12BrF5N4O2S. The normalized spacial score (nSPS) is 13.2. The van der Waals surface area contributed by atoms with Gasteiger partial charge in [0.2, 0.25) is 0 Å². The zero-order chi connectivity index (χ0) is 21.8. The highest BCUT2D eigenvalue weighted by Crippen LogP contribution is 2.44. The van der Waals surface area contributed by atoms with Crippen LogP contribution in [0.2, 0.25) is 0 Å². The molecule has 0 saturated heterocycles. The lowest BCUT2D eigenvalue weighted by molar-refractivity contribution is -0.289. The molecule has 0 aliphatic heterocycles. The average Bonchev–Trinajstić information content (AvgIpc) is 2.96. The molecule has 0 aromatic carbocycles. The molecule has 0 aliphatic rings. The number of alkyl halides is 5. The summed E-state index contributed by atoms with van der Waals surface area (Å²) in [6.07, 6.45) is -4.06. The Morgan fingerprint density at radius 2 is 1.76 bits per heavy atom. The van der Waals surface area contributed by atoms with Crippen LogP contribution in [0.3, 0.4) is 0 Å². The predicted octanol–water partition coefficient (Wildman–Crippen LogP) is 4.24. The van der Waals surface area contributed by atoms with E-state index < -0.39 is 27.5 Å². The highest BCUT2D eigenvalue weighted by molar-refractivity contribution is 9.10. The van der Waals surface area contributed by atoms with Gasteiger partial charge >= 0.3 is 12.1 Å². The minimum absolute atomic E-state index is 0.00807. The van der Waals surface area contributed by atoms with E-state index in [1.54, 1.807) is 0 Å². The van der Waals surface area contributed by atoms with Gasteiger partial charge in [0, 0.05) is 23.9 Å². The van der Waals surface area contributed by atoms with E-state index in [9.17, 15) is 30.4 Å². The van der Waals surface area contributed by atoms with Crippen molar-refractivity contribution in [2.45, 2.75) is 23.9 Å². The summed E-state index contributed by atoms with van der Waals surface area (Å²) in [7, 11) is -2.32. The summed E-state index contributed by atoms with van der Waals surface area (Å²) in [5.41, 5.74) is -1.70. The van der Waals surface area contributed by atoms with Gasteiger partial charge < -0.3 is 4.57 Å². The first-order valence-corrected chi connectivity index (χ1v) is 10.4. The van der Waals surface area contributed by atoms with Gasteiger partial charge in [-0.2, -0.15) is 22.0 Å². The number of pyridine rings is 2. The van der Waals surface area contributed by atoms with Gasteiger partial charge in [0.05, 0.1) is 16.2 Å². The van der Waals surface area contributed by atoms with Crippen molar-refractivity contribution in [2.24, 2.45) is 7.05 Å². The molecule has 0 saturated carbocycles. The Hall–Kier alpha value is -2.15. The Kier molecular flexibility index (Phi) is 5.18. The van der Waals surface area contributed by atoms with Crippen LogP contribution in [-0.4, -0.2) is 39.9 Å². The Morgan fingerprint density at radius 3 is 2.34 bits per heavy atom. The second kappa shape index (κ2) is 6.97. The molecule has 29 heavy (non-hydrogen) atoms. The Balaban J connectivity index is 2.25. The first-order valence-electron chi connectivity index (χ1n) is 7.95. The van der Waals surface area contributed by atoms with Crippen LogP contribution in [0.25, 0.3) is 22.7 Å². The van der Waals surface area contributed by atoms with Gasteiger partial charge in [0.1, 0.15) is 11.2 Å². The molecule has 3 heterocycles. The largest absolute Gasteiger partial charge is 0.458 e. The zero-order valence-electron chi connectivity index (χ0n) is 14.8. The molecule has 13 heteroatoms. The molecule has 0 spiro atoms. The second-order valence-electron chi connectivity index (χ2n) is 6.04. The lowest BCUT2D eigenvalue weighted by Crippen LogP contribution is -2.33. The van der Waals surface area contributed by atoms with Crippen molar-refractivity contribution < 1.29 is 30.4 Å². The van der Waals surface area contributed by atoms with Gasteiger partial charge in [-0.25, -0.2) is 18.4 Å². The molecule has 0 fully saturated rings. The molecule has 0 bridgehead atoms. The van der Waals surface area contributed by atoms with Crippen molar-refractivity contribution >= 4 is 36.9 Å². The van der Waals surface area contributed by atoms with Crippen molar-refractivity contribution in [3.8, 4) is 11.5 Å². The number of imidazole rings is 1. The SMILES string of the molecule is CCS(=O)(=O)c1cc(Br)cnc1-c1nc2cc(C(F)(F)C(F)(F)F)cnc2n1C. The van der Waals surface area contributed by atoms with Crippen LogP contribution in [0, 0.1) is 0 Å². The van der Waals surface area contributed by atoms with Gasteiger partial charge in [-0.1, -0.05) is 6.92 Å². The third kappa shape index (κ3) is 3.61. The molecule has 0 atom stereocenters. The monoisotopic (exact) mass is 498 g/mol. The number of hydrogen-bond acceptors (Lipinski definition) is 5. The van der Waals surface area contributed by atoms with Gasteiger partial charge in [0.25, 0.3) is 0 Å². The quantitative estimate of drug-likeness (QED) is 0.502. The Bertz CT molecular complexity index is 1210. The van der Waals surface area contributed by atoms with Crippen LogP contribution in [-0.2, 0) is 22.8 Å².